The maximum Gasteiger partial charge on any atom is 0.339 e. The molecule has 8 unspecified atom stereocenters. The molecule has 6 rings (SSSR count). The van der Waals surface area contributed by atoms with E-state index in [0.29, 0.717) is 17.5 Å². The summed E-state index contributed by atoms with van der Waals surface area (Å²) in [5.74, 6) is -1.09. The van der Waals surface area contributed by atoms with E-state index in [1.165, 1.54) is 45.2 Å². The topological polar surface area (TPSA) is 127 Å². The molecule has 0 radical (unpaired) electrons. The van der Waals surface area contributed by atoms with Crippen molar-refractivity contribution in [1.82, 2.24) is 4.90 Å². The summed E-state index contributed by atoms with van der Waals surface area (Å²) in [6, 6.07) is 4.18. The van der Waals surface area contributed by atoms with Crippen molar-refractivity contribution in [1.29, 1.82) is 0 Å². The van der Waals surface area contributed by atoms with Crippen molar-refractivity contribution < 1.29 is 47.6 Å². The summed E-state index contributed by atoms with van der Waals surface area (Å²) in [5, 5.41) is -0.208. The van der Waals surface area contributed by atoms with E-state index >= 15 is 0 Å². The number of benzene rings is 1. The molecule has 0 saturated carbocycles. The average Bonchev–Trinajstić information content (AvgIpc) is 3.28. The molecule has 3 aliphatic heterocycles. The SMILES string of the molecule is COC(=O)C1OC(SC2C=CC3C4Cc5ccc(OC(C)=O)c6c5C3(CCN4C)C2O6)CC(OC(C)=O)[C@@H]1OC(C)=O. The molecular formula is C30H35NO10S. The number of thioether (sulfide) groups is 1. The van der Waals surface area contributed by atoms with Crippen LogP contribution in [0.3, 0.4) is 0 Å². The third-order valence-electron chi connectivity index (χ3n) is 9.12. The lowest BCUT2D eigenvalue weighted by molar-refractivity contribution is -0.206. The number of methoxy groups -OCH3 is 1. The highest BCUT2D eigenvalue weighted by Gasteiger charge is 2.65. The molecular weight excluding hydrogens is 566 g/mol. The maximum atomic E-state index is 12.8. The first-order chi connectivity index (χ1) is 20.0. The molecule has 1 aromatic carbocycles. The number of likely N-dealkylation sites (tertiary alicyclic amines) is 1. The van der Waals surface area contributed by atoms with Crippen LogP contribution in [0, 0.1) is 5.92 Å². The average molecular weight is 602 g/mol. The molecule has 226 valence electrons. The Bertz CT molecular complexity index is 1350. The Labute approximate surface area is 248 Å². The lowest BCUT2D eigenvalue weighted by Crippen LogP contribution is -2.64. The monoisotopic (exact) mass is 601 g/mol. The number of carbonyl (C=O) groups is 4. The molecule has 2 fully saturated rings. The predicted octanol–water partition coefficient (Wildman–Crippen LogP) is 2.31. The van der Waals surface area contributed by atoms with Gasteiger partial charge >= 0.3 is 23.9 Å². The van der Waals surface area contributed by atoms with Crippen LogP contribution in [0.15, 0.2) is 24.3 Å². The quantitative estimate of drug-likeness (QED) is 0.206. The second-order valence-corrected chi connectivity index (χ2v) is 12.9. The van der Waals surface area contributed by atoms with Gasteiger partial charge < -0.3 is 33.3 Å². The first-order valence-corrected chi connectivity index (χ1v) is 15.1. The van der Waals surface area contributed by atoms with Crippen LogP contribution in [0.4, 0.5) is 0 Å². The van der Waals surface area contributed by atoms with Crippen molar-refractivity contribution in [2.45, 2.75) is 86.6 Å². The van der Waals surface area contributed by atoms with Crippen LogP contribution >= 0.6 is 11.8 Å². The van der Waals surface area contributed by atoms with Gasteiger partial charge in [0, 0.05) is 50.1 Å². The van der Waals surface area contributed by atoms with Crippen molar-refractivity contribution in [3.05, 3.63) is 35.4 Å². The highest BCUT2D eigenvalue weighted by atomic mass is 32.2. The van der Waals surface area contributed by atoms with Crippen molar-refractivity contribution in [2.24, 2.45) is 5.92 Å². The number of ether oxygens (including phenoxy) is 6. The van der Waals surface area contributed by atoms with E-state index in [1.54, 1.807) is 0 Å². The predicted molar refractivity (Wildman–Crippen MR) is 149 cm³/mol. The maximum absolute atomic E-state index is 12.8. The van der Waals surface area contributed by atoms with Crippen LogP contribution in [-0.2, 0) is 50.0 Å². The van der Waals surface area contributed by atoms with Gasteiger partial charge in [0.25, 0.3) is 0 Å². The summed E-state index contributed by atoms with van der Waals surface area (Å²) in [5.41, 5.74) is 1.39. The molecule has 1 spiro atoms. The van der Waals surface area contributed by atoms with Gasteiger partial charge in [0.15, 0.2) is 23.7 Å². The fourth-order valence-electron chi connectivity index (χ4n) is 7.60. The summed E-state index contributed by atoms with van der Waals surface area (Å²) >= 11 is 1.47. The van der Waals surface area contributed by atoms with Crippen LogP contribution in [0.1, 0.15) is 44.7 Å². The minimum atomic E-state index is -1.28. The van der Waals surface area contributed by atoms with E-state index in [4.69, 9.17) is 28.4 Å². The first kappa shape index (κ1) is 29.0. The van der Waals surface area contributed by atoms with E-state index in [-0.39, 0.29) is 29.1 Å². The van der Waals surface area contributed by atoms with Crippen LogP contribution in [0.5, 0.6) is 11.5 Å². The number of hydrogen-bond donors (Lipinski definition) is 0. The second-order valence-electron chi connectivity index (χ2n) is 11.6. The molecule has 3 heterocycles. The smallest absolute Gasteiger partial charge is 0.339 e. The van der Waals surface area contributed by atoms with Gasteiger partial charge in [0.05, 0.1) is 12.4 Å². The van der Waals surface area contributed by atoms with Gasteiger partial charge in [-0.15, -0.1) is 11.8 Å². The molecule has 0 amide bonds. The number of nitrogens with zero attached hydrogens (tertiary/aromatic N) is 1. The Kier molecular flexibility index (Phi) is 7.51. The van der Waals surface area contributed by atoms with Gasteiger partial charge in [0.2, 0.25) is 0 Å². The van der Waals surface area contributed by atoms with E-state index < -0.39 is 47.6 Å². The van der Waals surface area contributed by atoms with Crippen LogP contribution in [0.2, 0.25) is 0 Å². The van der Waals surface area contributed by atoms with Gasteiger partial charge in [0.1, 0.15) is 17.6 Å². The van der Waals surface area contributed by atoms with E-state index in [1.807, 2.05) is 6.07 Å². The molecule has 12 heteroatoms. The van der Waals surface area contributed by atoms with E-state index in [2.05, 4.69) is 30.2 Å². The van der Waals surface area contributed by atoms with E-state index in [0.717, 1.165) is 24.9 Å². The van der Waals surface area contributed by atoms with Gasteiger partial charge in [-0.05, 0) is 38.1 Å². The number of esters is 4. The number of likely N-dealkylation sites (N-methyl/N-ethyl adjacent to an activating group) is 1. The molecule has 2 aliphatic carbocycles. The Morgan fingerprint density at radius 2 is 1.81 bits per heavy atom. The fourth-order valence-corrected chi connectivity index (χ4v) is 9.06. The summed E-state index contributed by atoms with van der Waals surface area (Å²) < 4.78 is 34.5. The number of carbonyl (C=O) groups excluding carboxylic acids is 4. The van der Waals surface area contributed by atoms with Gasteiger partial charge in [-0.1, -0.05) is 18.2 Å². The van der Waals surface area contributed by atoms with Crippen molar-refractivity contribution in [3.63, 3.8) is 0 Å². The minimum Gasteiger partial charge on any atom is -0.484 e. The molecule has 0 aromatic heterocycles. The van der Waals surface area contributed by atoms with Gasteiger partial charge in [-0.2, -0.15) is 0 Å². The molecule has 2 bridgehead atoms. The van der Waals surface area contributed by atoms with Gasteiger partial charge in [-0.3, -0.25) is 14.4 Å². The van der Waals surface area contributed by atoms with Crippen molar-refractivity contribution >= 4 is 35.6 Å². The lowest BCUT2D eigenvalue weighted by atomic mass is 9.53. The summed E-state index contributed by atoms with van der Waals surface area (Å²) in [6.45, 7) is 4.75. The van der Waals surface area contributed by atoms with Crippen molar-refractivity contribution in [3.8, 4) is 11.5 Å². The third kappa shape index (κ3) is 4.67. The third-order valence-corrected chi connectivity index (χ3v) is 10.4. The zero-order chi connectivity index (χ0) is 29.9. The van der Waals surface area contributed by atoms with Crippen molar-refractivity contribution in [2.75, 3.05) is 20.7 Å². The lowest BCUT2D eigenvalue weighted by Gasteiger charge is -2.57. The zero-order valence-electron chi connectivity index (χ0n) is 24.2. The van der Waals surface area contributed by atoms with Crippen LogP contribution < -0.4 is 9.47 Å². The fraction of sp³-hybridized carbons (Fsp3) is 0.600. The molecule has 42 heavy (non-hydrogen) atoms. The second kappa shape index (κ2) is 10.9. The summed E-state index contributed by atoms with van der Waals surface area (Å²) in [4.78, 5) is 51.0. The Balaban J connectivity index is 1.35. The normalized spacial score (nSPS) is 35.8. The molecule has 1 aromatic rings. The summed E-state index contributed by atoms with van der Waals surface area (Å²) in [7, 11) is 3.38. The largest absolute Gasteiger partial charge is 0.484 e. The minimum absolute atomic E-state index is 0.186. The van der Waals surface area contributed by atoms with Gasteiger partial charge in [-0.25, -0.2) is 4.79 Å². The van der Waals surface area contributed by atoms with E-state index in [9.17, 15) is 19.2 Å². The molecule has 0 N–H and O–H groups in total. The van der Waals surface area contributed by atoms with Crippen LogP contribution in [0.25, 0.3) is 0 Å². The molecule has 11 nitrogen and oxygen atoms in total. The van der Waals surface area contributed by atoms with Crippen LogP contribution in [-0.4, -0.2) is 90.6 Å². The molecule has 2 saturated heterocycles. The Morgan fingerprint density at radius 1 is 1.05 bits per heavy atom. The highest BCUT2D eigenvalue weighted by Crippen LogP contribution is 2.63. The zero-order valence-corrected chi connectivity index (χ0v) is 25.0. The summed E-state index contributed by atoms with van der Waals surface area (Å²) in [6.07, 6.45) is 2.71. The number of piperidine rings is 1. The first-order valence-electron chi connectivity index (χ1n) is 14.2. The number of rotatable bonds is 6. The highest BCUT2D eigenvalue weighted by molar-refractivity contribution is 8.00. The Morgan fingerprint density at radius 3 is 2.50 bits per heavy atom. The molecule has 5 aliphatic rings. The standard InChI is InChI=1S/C30H35NO10S/c1-14(32)37-20-8-6-17-12-19-18-7-9-22(28-30(18,10-11-31(19)4)24(17)25(20)41-28)42-23-13-21(38-15(2)33)26(39-16(3)34)27(40-23)29(35)36-5/h6-9,18-19,21-23,26-28H,10-13H2,1-5H3/t18?,19?,21?,22?,23?,26-,27?,28?,30?/m0/s1. The molecule has 9 atom stereocenters. The Hall–Kier alpha value is -3.09. The number of hydrogen-bond acceptors (Lipinski definition) is 12.